The fourth-order valence-corrected chi connectivity index (χ4v) is 4.89. The number of aliphatic carboxylic acids is 1. The number of rotatable bonds is 14. The summed E-state index contributed by atoms with van der Waals surface area (Å²) in [6.07, 6.45) is 3.31. The highest BCUT2D eigenvalue weighted by Gasteiger charge is 2.28. The molecule has 222 valence electrons. The first kappa shape index (κ1) is 32.1. The molecule has 0 aliphatic heterocycles. The Balaban J connectivity index is 1.94. The molecule has 11 nitrogen and oxygen atoms in total. The second-order valence-electron chi connectivity index (χ2n) is 9.24. The molecule has 12 heteroatoms. The maximum absolute atomic E-state index is 13.2. The summed E-state index contributed by atoms with van der Waals surface area (Å²) in [5.41, 5.74) is 0.0652. The zero-order valence-electron chi connectivity index (χ0n) is 23.5. The van der Waals surface area contributed by atoms with E-state index in [0.717, 1.165) is 11.8 Å². The van der Waals surface area contributed by atoms with Crippen LogP contribution in [-0.2, 0) is 19.1 Å². The van der Waals surface area contributed by atoms with E-state index in [-0.39, 0.29) is 42.2 Å². The largest absolute Gasteiger partial charge is 0.497 e. The number of esters is 1. The number of hydrogen-bond acceptors (Lipinski definition) is 9. The number of carbonyl (C=O) groups is 3. The number of methoxy groups -OCH3 is 2. The van der Waals surface area contributed by atoms with Crippen LogP contribution in [0.15, 0.2) is 64.2 Å². The minimum atomic E-state index is -1.28. The summed E-state index contributed by atoms with van der Waals surface area (Å²) < 4.78 is 9.76. The average Bonchev–Trinajstić information content (AvgIpc) is 2.99. The van der Waals surface area contributed by atoms with Crippen LogP contribution < -0.4 is 31.9 Å². The highest BCUT2D eigenvalue weighted by molar-refractivity contribution is 8.07. The molecule has 1 heterocycles. The van der Waals surface area contributed by atoms with Gasteiger partial charge in [0, 0.05) is 24.2 Å². The summed E-state index contributed by atoms with van der Waals surface area (Å²) in [4.78, 5) is 68.4. The molecule has 0 saturated carbocycles. The number of H-pyrrole nitrogens is 2. The second-order valence-corrected chi connectivity index (χ2v) is 10.1. The molecule has 2 aromatic carbocycles. The Morgan fingerprint density at radius 3 is 2.26 bits per heavy atom. The van der Waals surface area contributed by atoms with E-state index in [2.05, 4.69) is 20.0 Å². The summed E-state index contributed by atoms with van der Waals surface area (Å²) in [6, 6.07) is 13.3. The number of benzene rings is 2. The van der Waals surface area contributed by atoms with E-state index < -0.39 is 35.1 Å². The van der Waals surface area contributed by atoms with Gasteiger partial charge in [-0.15, -0.1) is 11.8 Å². The van der Waals surface area contributed by atoms with Crippen molar-refractivity contribution in [2.24, 2.45) is 0 Å². The van der Waals surface area contributed by atoms with Gasteiger partial charge in [0.1, 0.15) is 22.5 Å². The van der Waals surface area contributed by atoms with Crippen molar-refractivity contribution in [3.05, 3.63) is 97.1 Å². The number of nitrogens with one attached hydrogen (secondary N) is 3. The smallest absolute Gasteiger partial charge is 0.321 e. The molecular formula is C30H33N3O8S. The molecule has 0 radical (unpaired) electrons. The van der Waals surface area contributed by atoms with Crippen LogP contribution in [0.3, 0.4) is 0 Å². The number of carboxylic acids is 1. The maximum atomic E-state index is 13.2. The maximum Gasteiger partial charge on any atom is 0.321 e. The van der Waals surface area contributed by atoms with Crippen LogP contribution in [0.1, 0.15) is 42.9 Å². The van der Waals surface area contributed by atoms with Crippen molar-refractivity contribution in [2.75, 3.05) is 20.5 Å². The van der Waals surface area contributed by atoms with Gasteiger partial charge in [0.15, 0.2) is 5.78 Å². The van der Waals surface area contributed by atoms with Gasteiger partial charge in [0.05, 0.1) is 20.3 Å². The number of carbonyl (C=O) groups excluding carboxylic acids is 2. The summed E-state index contributed by atoms with van der Waals surface area (Å²) in [6.45, 7) is 0. The molecule has 2 atom stereocenters. The lowest BCUT2D eigenvalue weighted by molar-refractivity contribution is -0.141. The second kappa shape index (κ2) is 15.5. The van der Waals surface area contributed by atoms with Gasteiger partial charge in [-0.25, -0.2) is 0 Å². The van der Waals surface area contributed by atoms with Gasteiger partial charge >= 0.3 is 11.9 Å². The number of carboxylic acid groups (broad SMARTS) is 1. The number of thioether (sulfide) groups is 1. The molecule has 4 N–H and O–H groups in total. The molecule has 0 aliphatic rings. The monoisotopic (exact) mass is 595 g/mol. The van der Waals surface area contributed by atoms with E-state index in [1.54, 1.807) is 60.9 Å². The van der Waals surface area contributed by atoms with Gasteiger partial charge in [-0.1, -0.05) is 42.5 Å². The van der Waals surface area contributed by atoms with E-state index >= 15 is 0 Å². The van der Waals surface area contributed by atoms with Gasteiger partial charge in [-0.3, -0.25) is 29.3 Å². The third-order valence-corrected chi connectivity index (χ3v) is 7.32. The predicted octanol–water partition coefficient (Wildman–Crippen LogP) is 1.46. The molecule has 3 rings (SSSR count). The fraction of sp³-hybridized carbons (Fsp3) is 0.300. The third kappa shape index (κ3) is 8.79. The van der Waals surface area contributed by atoms with Gasteiger partial charge < -0.3 is 24.5 Å². The van der Waals surface area contributed by atoms with Crippen molar-refractivity contribution in [3.63, 3.8) is 0 Å². The van der Waals surface area contributed by atoms with Gasteiger partial charge in [0.25, 0.3) is 11.1 Å². The molecule has 0 amide bonds. The molecular weight excluding hydrogens is 562 g/mol. The molecule has 0 spiro atoms. The normalized spacial score (nSPS) is 13.6. The van der Waals surface area contributed by atoms with Crippen molar-refractivity contribution in [2.45, 2.75) is 37.8 Å². The molecule has 0 fully saturated rings. The van der Waals surface area contributed by atoms with Gasteiger partial charge in [-0.2, -0.15) is 0 Å². The molecule has 0 saturated heterocycles. The van der Waals surface area contributed by atoms with Gasteiger partial charge in [-0.05, 0) is 42.0 Å². The van der Waals surface area contributed by atoms with Crippen LogP contribution in [0.5, 0.6) is 5.75 Å². The topological polar surface area (TPSA) is 168 Å². The van der Waals surface area contributed by atoms with E-state index in [0.29, 0.717) is 21.8 Å². The lowest BCUT2D eigenvalue weighted by Crippen LogP contribution is -2.48. The first-order valence-electron chi connectivity index (χ1n) is 13.1. The molecule has 1 aromatic heterocycles. The number of ketones is 1. The van der Waals surface area contributed by atoms with E-state index in [4.69, 9.17) is 4.74 Å². The summed E-state index contributed by atoms with van der Waals surface area (Å²) >= 11 is 1.12. The number of aromatic nitrogens is 2. The first-order valence-corrected chi connectivity index (χ1v) is 14.3. The SMILES string of the molecule is COC(=O)CCCC(=O)C(N[C@@H](C/C(SC)=c1/[nH]c(=O)/c(=C/c2ccc(OC)cc2)[nH]c1=O)C(=O)O)c1ccccc1. The van der Waals surface area contributed by atoms with E-state index in [1.807, 2.05) is 0 Å². The van der Waals surface area contributed by atoms with E-state index in [9.17, 15) is 29.1 Å². The summed E-state index contributed by atoms with van der Waals surface area (Å²) in [5, 5.41) is 13.0. The average molecular weight is 596 g/mol. The molecule has 3 aromatic rings. The van der Waals surface area contributed by atoms with Crippen LogP contribution in [-0.4, -0.2) is 59.3 Å². The Labute approximate surface area is 245 Å². The summed E-state index contributed by atoms with van der Waals surface area (Å²) in [7, 11) is 2.80. The van der Waals surface area contributed by atoms with Crippen molar-refractivity contribution in [1.82, 2.24) is 15.3 Å². The highest BCUT2D eigenvalue weighted by Crippen LogP contribution is 2.22. The standard InChI is InChI=1S/C30H33N3O8S/c1-40-20-14-12-18(13-15-20)16-21-28(36)33-27(29(37)32-21)24(42-3)17-22(30(38)39)31-26(19-8-5-4-6-9-19)23(34)10-7-11-25(35)41-2/h4-6,8-9,12-16,22,26,31H,7,10-11,17H2,1-3H3,(H,32,37)(H,33,36)(H,38,39)/b21-16-,27-24-/t22-,26?/m0/s1. The Morgan fingerprint density at radius 2 is 1.67 bits per heavy atom. The minimum Gasteiger partial charge on any atom is -0.497 e. The quantitative estimate of drug-likeness (QED) is 0.200. The van der Waals surface area contributed by atoms with E-state index in [1.165, 1.54) is 20.3 Å². The zero-order chi connectivity index (χ0) is 30.6. The molecule has 42 heavy (non-hydrogen) atoms. The molecule has 0 bridgehead atoms. The molecule has 1 unspecified atom stereocenters. The van der Waals surface area contributed by atoms with Crippen LogP contribution in [0.2, 0.25) is 0 Å². The van der Waals surface area contributed by atoms with Crippen LogP contribution in [0.25, 0.3) is 11.0 Å². The third-order valence-electron chi connectivity index (χ3n) is 6.45. The molecule has 0 aliphatic carbocycles. The Bertz CT molecular complexity index is 1630. The lowest BCUT2D eigenvalue weighted by atomic mass is 9.97. The van der Waals surface area contributed by atoms with Crippen LogP contribution in [0, 0.1) is 0 Å². The number of hydrogen-bond donors (Lipinski definition) is 4. The van der Waals surface area contributed by atoms with Crippen molar-refractivity contribution in [1.29, 1.82) is 0 Å². The highest BCUT2D eigenvalue weighted by atomic mass is 32.2. The number of Topliss-reactive ketones (excluding diaryl/α,β-unsaturated/α-hetero) is 1. The Hall–Kier alpha value is -4.42. The first-order chi connectivity index (χ1) is 20.2. The number of aromatic amines is 2. The van der Waals surface area contributed by atoms with Crippen molar-refractivity contribution < 1.29 is 29.0 Å². The van der Waals surface area contributed by atoms with Crippen LogP contribution in [0.4, 0.5) is 0 Å². The van der Waals surface area contributed by atoms with Crippen molar-refractivity contribution in [3.8, 4) is 5.75 Å². The number of ether oxygens (including phenoxy) is 2. The van der Waals surface area contributed by atoms with Gasteiger partial charge in [0.2, 0.25) is 0 Å². The van der Waals surface area contributed by atoms with Crippen molar-refractivity contribution >= 4 is 40.5 Å². The Kier molecular flexibility index (Phi) is 11.9. The minimum absolute atomic E-state index is 0.0201. The Morgan fingerprint density at radius 1 is 0.976 bits per heavy atom. The van der Waals surface area contributed by atoms with Crippen LogP contribution >= 0.6 is 11.8 Å². The zero-order valence-corrected chi connectivity index (χ0v) is 24.3. The fourth-order valence-electron chi connectivity index (χ4n) is 4.21. The predicted molar refractivity (Wildman–Crippen MR) is 160 cm³/mol. The lowest BCUT2D eigenvalue weighted by Gasteiger charge is -2.23. The summed E-state index contributed by atoms with van der Waals surface area (Å²) in [5.74, 6) is -1.34.